The van der Waals surface area contributed by atoms with E-state index in [9.17, 15) is 9.59 Å². The topological polar surface area (TPSA) is 110 Å². The van der Waals surface area contributed by atoms with Gasteiger partial charge in [-0.15, -0.1) is 10.2 Å². The molecule has 8 heteroatoms. The molecular weight excluding hydrogens is 230 g/mol. The zero-order valence-electron chi connectivity index (χ0n) is 8.82. The largest absolute Gasteiger partial charge is 0.374 e. The van der Waals surface area contributed by atoms with Crippen molar-refractivity contribution >= 4 is 28.3 Å². The van der Waals surface area contributed by atoms with Crippen LogP contribution < -0.4 is 16.4 Å². The van der Waals surface area contributed by atoms with Crippen LogP contribution in [0.1, 0.15) is 23.1 Å². The molecule has 0 unspecified atom stereocenters. The number of hydrogen-bond acceptors (Lipinski definition) is 6. The molecule has 16 heavy (non-hydrogen) atoms. The molecule has 0 atom stereocenters. The second-order valence-electron chi connectivity index (χ2n) is 2.90. The molecule has 0 aliphatic carbocycles. The lowest BCUT2D eigenvalue weighted by molar-refractivity contribution is -0.120. The molecule has 2 amide bonds. The minimum Gasteiger partial charge on any atom is -0.374 e. The predicted octanol–water partition coefficient (Wildman–Crippen LogP) is -0.624. The van der Waals surface area contributed by atoms with E-state index < -0.39 is 0 Å². The minimum atomic E-state index is -0.363. The van der Waals surface area contributed by atoms with Crippen LogP contribution in [0.5, 0.6) is 0 Å². The van der Waals surface area contributed by atoms with E-state index in [1.165, 1.54) is 0 Å². The van der Waals surface area contributed by atoms with Crippen LogP contribution in [0.3, 0.4) is 0 Å². The molecule has 0 bridgehead atoms. The van der Waals surface area contributed by atoms with Crippen molar-refractivity contribution < 1.29 is 9.59 Å². The molecular formula is C8H13N5O2S. The highest BCUT2D eigenvalue weighted by molar-refractivity contribution is 7.16. The third-order valence-corrected chi connectivity index (χ3v) is 2.40. The summed E-state index contributed by atoms with van der Waals surface area (Å²) in [4.78, 5) is 22.5. The molecule has 0 aromatic carbocycles. The first kappa shape index (κ1) is 12.4. The van der Waals surface area contributed by atoms with E-state index >= 15 is 0 Å². The van der Waals surface area contributed by atoms with Crippen LogP contribution in [0.2, 0.25) is 0 Å². The molecule has 88 valence electrons. The van der Waals surface area contributed by atoms with Gasteiger partial charge in [-0.1, -0.05) is 11.3 Å². The molecule has 1 aromatic rings. The van der Waals surface area contributed by atoms with E-state index in [0.29, 0.717) is 6.54 Å². The summed E-state index contributed by atoms with van der Waals surface area (Å²) < 4.78 is 0. The number of nitrogen functional groups attached to an aromatic ring is 1. The molecule has 0 aliphatic heterocycles. The number of carbonyl (C=O) groups excluding carboxylic acids is 2. The van der Waals surface area contributed by atoms with Crippen LogP contribution >= 0.6 is 11.3 Å². The number of aromatic nitrogens is 2. The number of nitrogens with zero attached hydrogens (tertiary/aromatic N) is 2. The van der Waals surface area contributed by atoms with Gasteiger partial charge in [-0.2, -0.15) is 0 Å². The normalized spacial score (nSPS) is 9.81. The van der Waals surface area contributed by atoms with Gasteiger partial charge in [0.2, 0.25) is 16.0 Å². The van der Waals surface area contributed by atoms with Crippen LogP contribution in [-0.4, -0.2) is 35.1 Å². The number of hydrogen-bond donors (Lipinski definition) is 3. The van der Waals surface area contributed by atoms with E-state index in [2.05, 4.69) is 20.8 Å². The molecule has 1 aromatic heterocycles. The van der Waals surface area contributed by atoms with Crippen molar-refractivity contribution in [2.75, 3.05) is 18.8 Å². The zero-order valence-corrected chi connectivity index (χ0v) is 9.63. The van der Waals surface area contributed by atoms with Gasteiger partial charge in [-0.25, -0.2) is 0 Å². The number of anilines is 1. The summed E-state index contributed by atoms with van der Waals surface area (Å²) in [5.74, 6) is -0.460. The summed E-state index contributed by atoms with van der Waals surface area (Å²) in [5, 5.41) is 12.7. The number of amides is 2. The Morgan fingerprint density at radius 3 is 2.69 bits per heavy atom. The summed E-state index contributed by atoms with van der Waals surface area (Å²) in [6.45, 7) is 2.68. The number of carbonyl (C=O) groups is 2. The van der Waals surface area contributed by atoms with Gasteiger partial charge in [0.15, 0.2) is 0 Å². The average molecular weight is 243 g/mol. The quantitative estimate of drug-likeness (QED) is 0.638. The number of nitrogens with two attached hydrogens (primary N) is 1. The highest BCUT2D eigenvalue weighted by Crippen LogP contribution is 2.09. The highest BCUT2D eigenvalue weighted by Gasteiger charge is 2.11. The van der Waals surface area contributed by atoms with Gasteiger partial charge < -0.3 is 16.4 Å². The van der Waals surface area contributed by atoms with Crippen molar-refractivity contribution in [2.24, 2.45) is 0 Å². The van der Waals surface area contributed by atoms with Crippen LogP contribution in [-0.2, 0) is 4.79 Å². The molecule has 0 fully saturated rings. The molecule has 0 saturated heterocycles. The zero-order chi connectivity index (χ0) is 12.0. The lowest BCUT2D eigenvalue weighted by Crippen LogP contribution is -2.30. The maximum absolute atomic E-state index is 11.4. The SMILES string of the molecule is CCNC(=O)CCNC(=O)c1nnc(N)s1. The standard InChI is InChI=1S/C8H13N5O2S/c1-2-10-5(14)3-4-11-6(15)7-12-13-8(9)16-7/h2-4H2,1H3,(H2,9,13)(H,10,14)(H,11,15). The molecule has 0 spiro atoms. The molecule has 4 N–H and O–H groups in total. The Hall–Kier alpha value is -1.70. The van der Waals surface area contributed by atoms with Crippen LogP contribution in [0.4, 0.5) is 5.13 Å². The molecule has 1 rings (SSSR count). The maximum atomic E-state index is 11.4. The Balaban J connectivity index is 2.28. The first-order chi connectivity index (χ1) is 7.63. The smallest absolute Gasteiger partial charge is 0.282 e. The van der Waals surface area contributed by atoms with Gasteiger partial charge in [0.1, 0.15) is 0 Å². The summed E-state index contributed by atoms with van der Waals surface area (Å²) >= 11 is 1.01. The van der Waals surface area contributed by atoms with Crippen molar-refractivity contribution in [1.82, 2.24) is 20.8 Å². The fourth-order valence-corrected chi connectivity index (χ4v) is 1.50. The van der Waals surface area contributed by atoms with Crippen molar-refractivity contribution in [1.29, 1.82) is 0 Å². The van der Waals surface area contributed by atoms with Gasteiger partial charge in [0.25, 0.3) is 5.91 Å². The summed E-state index contributed by atoms with van der Waals surface area (Å²) in [6, 6.07) is 0. The number of rotatable bonds is 5. The Morgan fingerprint density at radius 1 is 1.38 bits per heavy atom. The van der Waals surface area contributed by atoms with E-state index in [4.69, 9.17) is 5.73 Å². The van der Waals surface area contributed by atoms with Crippen molar-refractivity contribution in [2.45, 2.75) is 13.3 Å². The van der Waals surface area contributed by atoms with E-state index in [0.717, 1.165) is 11.3 Å². The van der Waals surface area contributed by atoms with Crippen molar-refractivity contribution in [3.8, 4) is 0 Å². The average Bonchev–Trinajstić information content (AvgIpc) is 2.65. The lowest BCUT2D eigenvalue weighted by Gasteiger charge is -2.02. The predicted molar refractivity (Wildman–Crippen MR) is 60.0 cm³/mol. The van der Waals surface area contributed by atoms with Gasteiger partial charge in [0.05, 0.1) is 0 Å². The van der Waals surface area contributed by atoms with Crippen LogP contribution in [0.15, 0.2) is 0 Å². The Morgan fingerprint density at radius 2 is 2.12 bits per heavy atom. The van der Waals surface area contributed by atoms with Crippen molar-refractivity contribution in [3.63, 3.8) is 0 Å². The first-order valence-corrected chi connectivity index (χ1v) is 5.59. The van der Waals surface area contributed by atoms with Crippen molar-refractivity contribution in [3.05, 3.63) is 5.01 Å². The fourth-order valence-electron chi connectivity index (χ4n) is 0.977. The Bertz CT molecular complexity index is 378. The summed E-state index contributed by atoms with van der Waals surface area (Å²) in [7, 11) is 0. The van der Waals surface area contributed by atoms with E-state index in [1.54, 1.807) is 0 Å². The monoisotopic (exact) mass is 243 g/mol. The van der Waals surface area contributed by atoms with Gasteiger partial charge in [-0.05, 0) is 6.92 Å². The Labute approximate surface area is 96.4 Å². The fraction of sp³-hybridized carbons (Fsp3) is 0.500. The lowest BCUT2D eigenvalue weighted by atomic mass is 10.4. The van der Waals surface area contributed by atoms with Crippen LogP contribution in [0.25, 0.3) is 0 Å². The molecule has 0 saturated carbocycles. The third-order valence-electron chi connectivity index (χ3n) is 1.65. The van der Waals surface area contributed by atoms with Crippen LogP contribution in [0, 0.1) is 0 Å². The third kappa shape index (κ3) is 3.81. The summed E-state index contributed by atoms with van der Waals surface area (Å²) in [5.41, 5.74) is 5.33. The summed E-state index contributed by atoms with van der Waals surface area (Å²) in [6.07, 6.45) is 0.244. The first-order valence-electron chi connectivity index (χ1n) is 4.77. The molecule has 0 radical (unpaired) electrons. The maximum Gasteiger partial charge on any atom is 0.282 e. The second kappa shape index (κ2) is 6.01. The molecule has 1 heterocycles. The van der Waals surface area contributed by atoms with Gasteiger partial charge in [-0.3, -0.25) is 9.59 Å². The van der Waals surface area contributed by atoms with Gasteiger partial charge >= 0.3 is 0 Å². The molecule has 7 nitrogen and oxygen atoms in total. The Kier molecular flexibility index (Phi) is 4.65. The minimum absolute atomic E-state index is 0.0976. The van der Waals surface area contributed by atoms with E-state index in [1.807, 2.05) is 6.92 Å². The highest BCUT2D eigenvalue weighted by atomic mass is 32.1. The number of nitrogens with one attached hydrogen (secondary N) is 2. The molecule has 0 aliphatic rings. The van der Waals surface area contributed by atoms with Gasteiger partial charge in [0, 0.05) is 19.5 Å². The van der Waals surface area contributed by atoms with E-state index in [-0.39, 0.29) is 34.9 Å². The second-order valence-corrected chi connectivity index (χ2v) is 3.91.